The highest BCUT2D eigenvalue weighted by Gasteiger charge is 2.45. The first kappa shape index (κ1) is 31.5. The van der Waals surface area contributed by atoms with Crippen LogP contribution >= 0.6 is 38.7 Å². The number of hydrogen-bond acceptors (Lipinski definition) is 11. The Morgan fingerprint density at radius 3 is 2.55 bits per heavy atom. The molecule has 2 aliphatic rings. The number of fused-ring (bicyclic) bond motifs is 1. The van der Waals surface area contributed by atoms with Gasteiger partial charge in [0, 0.05) is 31.4 Å². The zero-order valence-corrected chi connectivity index (χ0v) is 23.0. The van der Waals surface area contributed by atoms with E-state index in [9.17, 15) is 23.7 Å². The number of hydrogen-bond donors (Lipinski definition) is 6. The predicted molar refractivity (Wildman–Crippen MR) is 133 cm³/mol. The first-order valence-electron chi connectivity index (χ1n) is 11.1. The number of nitrogen functional groups attached to an aromatic ring is 1. The van der Waals surface area contributed by atoms with Gasteiger partial charge in [0.05, 0.1) is 19.5 Å². The van der Waals surface area contributed by atoms with Crippen molar-refractivity contribution in [1.29, 1.82) is 0 Å². The Morgan fingerprint density at radius 2 is 1.97 bits per heavy atom. The Kier molecular flexibility index (Phi) is 11.2. The van der Waals surface area contributed by atoms with E-state index in [2.05, 4.69) is 24.6 Å². The highest BCUT2D eigenvalue weighted by atomic mass is 35.5. The normalized spacial score (nSPS) is 28.0. The number of anilines is 1. The van der Waals surface area contributed by atoms with Crippen molar-refractivity contribution < 1.29 is 47.3 Å². The number of nitrogens with zero attached hydrogens (tertiary/aromatic N) is 5. The SMILES string of the molecule is Nc1nc(F)nc2c1ncn2[C@@H]1O[C@H](COP(=O)(O)O)[C@@H](O)[C@@H]1O.O=P1(N(CCCl)CCCl)NCCCO1. The zero-order valence-electron chi connectivity index (χ0n) is 19.7. The molecule has 38 heavy (non-hydrogen) atoms. The van der Waals surface area contributed by atoms with Crippen molar-refractivity contribution in [2.75, 3.05) is 50.3 Å². The van der Waals surface area contributed by atoms with Gasteiger partial charge < -0.3 is 35.0 Å². The highest BCUT2D eigenvalue weighted by Crippen LogP contribution is 2.48. The van der Waals surface area contributed by atoms with Gasteiger partial charge in [0.15, 0.2) is 23.2 Å². The van der Waals surface area contributed by atoms with Crippen LogP contribution < -0.4 is 10.8 Å². The molecule has 0 saturated carbocycles. The summed E-state index contributed by atoms with van der Waals surface area (Å²) in [6.07, 6.45) is -4.57. The second-order valence-corrected chi connectivity index (χ2v) is 12.2. The smallest absolute Gasteiger partial charge is 0.387 e. The molecule has 2 aromatic heterocycles. The fourth-order valence-corrected chi connectivity index (χ4v) is 6.63. The summed E-state index contributed by atoms with van der Waals surface area (Å²) >= 11 is 11.2. The molecule has 1 unspecified atom stereocenters. The Balaban J connectivity index is 0.000000244. The number of aliphatic hydroxyl groups is 2. The van der Waals surface area contributed by atoms with Crippen molar-refractivity contribution in [2.24, 2.45) is 0 Å². The zero-order chi connectivity index (χ0) is 28.1. The molecule has 4 heterocycles. The predicted octanol–water partition coefficient (Wildman–Crippen LogP) is 0.160. The molecule has 0 radical (unpaired) electrons. The Hall–Kier alpha value is -1.04. The van der Waals surface area contributed by atoms with Gasteiger partial charge in [-0.2, -0.15) is 14.4 Å². The minimum Gasteiger partial charge on any atom is -0.387 e. The third kappa shape index (κ3) is 7.79. The first-order valence-corrected chi connectivity index (χ1v) is 15.3. The van der Waals surface area contributed by atoms with Crippen LogP contribution in [0.1, 0.15) is 12.6 Å². The van der Waals surface area contributed by atoms with Crippen LogP contribution in [0.2, 0.25) is 0 Å². The van der Waals surface area contributed by atoms with Gasteiger partial charge in [-0.25, -0.2) is 19.3 Å². The van der Waals surface area contributed by atoms with E-state index in [1.54, 1.807) is 4.67 Å². The van der Waals surface area contributed by atoms with Crippen molar-refractivity contribution >= 4 is 55.7 Å². The number of ether oxygens (including phenoxy) is 1. The topological polar surface area (TPSA) is 228 Å². The Labute approximate surface area is 226 Å². The monoisotopic (exact) mass is 625 g/mol. The minimum absolute atomic E-state index is 0.0663. The first-order chi connectivity index (χ1) is 17.9. The second-order valence-electron chi connectivity index (χ2n) is 7.98. The maximum Gasteiger partial charge on any atom is 0.469 e. The maximum atomic E-state index is 13.3. The lowest BCUT2D eigenvalue weighted by Crippen LogP contribution is -2.35. The number of imidazole rings is 1. The van der Waals surface area contributed by atoms with Gasteiger partial charge in [-0.1, -0.05) is 0 Å². The van der Waals surface area contributed by atoms with Crippen LogP contribution in [-0.4, -0.2) is 107 Å². The van der Waals surface area contributed by atoms with E-state index in [4.69, 9.17) is 48.0 Å². The summed E-state index contributed by atoms with van der Waals surface area (Å²) in [4.78, 5) is 28.1. The van der Waals surface area contributed by atoms with Gasteiger partial charge in [-0.05, 0) is 6.42 Å². The summed E-state index contributed by atoms with van der Waals surface area (Å²) in [6.45, 7) is 1.64. The maximum absolute atomic E-state index is 13.3. The van der Waals surface area contributed by atoms with E-state index < -0.39 is 52.7 Å². The molecular formula is C17H28Cl2FN7O9P2. The molecular weight excluding hydrogens is 598 g/mol. The molecule has 7 N–H and O–H groups in total. The fraction of sp³-hybridized carbons (Fsp3) is 0.706. The van der Waals surface area contributed by atoms with E-state index in [1.165, 1.54) is 0 Å². The molecule has 5 atom stereocenters. The summed E-state index contributed by atoms with van der Waals surface area (Å²) < 4.78 is 54.0. The van der Waals surface area contributed by atoms with Crippen LogP contribution in [-0.2, 0) is 22.9 Å². The number of rotatable bonds is 9. The van der Waals surface area contributed by atoms with Crippen molar-refractivity contribution in [3.8, 4) is 0 Å². The molecule has 2 saturated heterocycles. The molecule has 0 amide bonds. The van der Waals surface area contributed by atoms with E-state index in [-0.39, 0.29) is 17.0 Å². The molecule has 2 aliphatic heterocycles. The summed E-state index contributed by atoms with van der Waals surface area (Å²) in [6, 6.07) is 0. The number of nitrogens with one attached hydrogen (secondary N) is 1. The lowest BCUT2D eigenvalue weighted by Gasteiger charge is -2.33. The third-order valence-electron chi connectivity index (χ3n) is 5.40. The van der Waals surface area contributed by atoms with Crippen LogP contribution in [0, 0.1) is 6.08 Å². The van der Waals surface area contributed by atoms with Crippen molar-refractivity contribution in [1.82, 2.24) is 29.3 Å². The number of alkyl halides is 2. The number of phosphoric ester groups is 1. The summed E-state index contributed by atoms with van der Waals surface area (Å²) in [5.41, 5.74) is 5.52. The molecule has 2 aromatic rings. The van der Waals surface area contributed by atoms with E-state index in [0.717, 1.165) is 23.9 Å². The van der Waals surface area contributed by atoms with E-state index >= 15 is 0 Å². The quantitative estimate of drug-likeness (QED) is 0.124. The van der Waals surface area contributed by atoms with E-state index in [1.807, 2.05) is 0 Å². The van der Waals surface area contributed by atoms with Gasteiger partial charge in [0.25, 0.3) is 0 Å². The summed E-state index contributed by atoms with van der Waals surface area (Å²) in [5, 5.41) is 22.9. The van der Waals surface area contributed by atoms with Crippen LogP contribution in [0.3, 0.4) is 0 Å². The molecule has 0 bridgehead atoms. The van der Waals surface area contributed by atoms with Gasteiger partial charge in [0.1, 0.15) is 18.3 Å². The van der Waals surface area contributed by atoms with Crippen molar-refractivity contribution in [3.63, 3.8) is 0 Å². The summed E-state index contributed by atoms with van der Waals surface area (Å²) in [5.74, 6) is 0.628. The number of aromatic nitrogens is 4. The number of phosphoric acid groups is 1. The average Bonchev–Trinajstić information content (AvgIpc) is 3.39. The minimum atomic E-state index is -4.78. The molecule has 2 fully saturated rings. The number of halogens is 3. The highest BCUT2D eigenvalue weighted by molar-refractivity contribution is 7.54. The third-order valence-corrected chi connectivity index (χ3v) is 8.52. The molecule has 0 aromatic carbocycles. The van der Waals surface area contributed by atoms with Crippen LogP contribution in [0.25, 0.3) is 11.2 Å². The largest absolute Gasteiger partial charge is 0.469 e. The van der Waals surface area contributed by atoms with Gasteiger partial charge in [-0.3, -0.25) is 13.7 Å². The average molecular weight is 626 g/mol. The van der Waals surface area contributed by atoms with Crippen LogP contribution in [0.5, 0.6) is 0 Å². The second kappa shape index (κ2) is 13.5. The Morgan fingerprint density at radius 1 is 1.29 bits per heavy atom. The molecule has 4 rings (SSSR count). The number of nitrogens with two attached hydrogens (primary N) is 1. The van der Waals surface area contributed by atoms with Crippen LogP contribution in [0.4, 0.5) is 10.2 Å². The standard InChI is InChI=1S/C10H13FN5O7P.C7H15Cl2N2O2P/c11-10-14-7(12)4-8(15-10)16(2-13-4)9-6(18)5(17)3(23-9)1-22-24(19,20)21;8-2-5-11(6-3-9)14(12)10-4-1-7-13-14/h2-3,5-6,9,17-18H,1H2,(H2,12,14,15)(H2,19,20,21);1-7H2,(H,10,12)/t3-,5-,6+,9-;/m1./s1. The molecule has 216 valence electrons. The van der Waals surface area contributed by atoms with Crippen molar-refractivity contribution in [2.45, 2.75) is 31.0 Å². The molecule has 0 aliphatic carbocycles. The Bertz CT molecular complexity index is 1160. The lowest BCUT2D eigenvalue weighted by molar-refractivity contribution is -0.0504. The number of aliphatic hydroxyl groups excluding tert-OH is 2. The summed E-state index contributed by atoms with van der Waals surface area (Å²) in [7, 11) is -7.62. The van der Waals surface area contributed by atoms with Gasteiger partial charge >= 0.3 is 21.6 Å². The van der Waals surface area contributed by atoms with E-state index in [0.29, 0.717) is 31.5 Å². The van der Waals surface area contributed by atoms with Crippen molar-refractivity contribution in [3.05, 3.63) is 12.4 Å². The van der Waals surface area contributed by atoms with Gasteiger partial charge in [0.2, 0.25) is 0 Å². The molecule has 16 nitrogen and oxygen atoms in total. The lowest BCUT2D eigenvalue weighted by atomic mass is 10.1. The van der Waals surface area contributed by atoms with Crippen LogP contribution in [0.15, 0.2) is 6.33 Å². The molecule has 21 heteroatoms. The molecule has 0 spiro atoms. The van der Waals surface area contributed by atoms with Gasteiger partial charge in [-0.15, -0.1) is 23.2 Å². The fourth-order valence-electron chi connectivity index (χ4n) is 3.64.